The quantitative estimate of drug-likeness (QED) is 0.529. The topological polar surface area (TPSA) is 72.2 Å². The van der Waals surface area contributed by atoms with Gasteiger partial charge in [-0.15, -0.1) is 11.3 Å². The number of thiazole rings is 1. The van der Waals surface area contributed by atoms with Crippen molar-refractivity contribution in [1.29, 1.82) is 0 Å². The summed E-state index contributed by atoms with van der Waals surface area (Å²) in [6.45, 7) is 6.31. The number of phenolic OH excluding ortho intramolecular Hbond substituents is 1. The number of aromatic hydroxyl groups is 1. The first-order chi connectivity index (χ1) is 12.6. The van der Waals surface area contributed by atoms with Crippen molar-refractivity contribution in [2.24, 2.45) is 10.1 Å². The number of benzene rings is 1. The third-order valence-electron chi connectivity index (χ3n) is 3.51. The van der Waals surface area contributed by atoms with E-state index in [1.54, 1.807) is 35.4 Å². The number of methoxy groups -OCH3 is 1. The Labute approximate surface area is 155 Å². The van der Waals surface area contributed by atoms with Crippen molar-refractivity contribution >= 4 is 17.6 Å². The molecule has 0 unspecified atom stereocenters. The molecule has 1 aromatic carbocycles. The van der Waals surface area contributed by atoms with E-state index in [9.17, 15) is 5.11 Å². The normalized spacial score (nSPS) is 12.0. The SMILES string of the molecule is C=C(C)CN=c1scc(-c2ccco2)n1N=Cc1cccc(OC)c1O. The average molecular weight is 369 g/mol. The molecule has 6 nitrogen and oxygen atoms in total. The van der Waals surface area contributed by atoms with E-state index in [4.69, 9.17) is 9.15 Å². The predicted octanol–water partition coefficient (Wildman–Crippen LogP) is 3.88. The number of furan rings is 1. The molecule has 0 fully saturated rings. The summed E-state index contributed by atoms with van der Waals surface area (Å²) in [4.78, 5) is 5.25. The number of aromatic nitrogens is 1. The Morgan fingerprint density at radius 1 is 1.38 bits per heavy atom. The van der Waals surface area contributed by atoms with Crippen molar-refractivity contribution < 1.29 is 14.3 Å². The van der Waals surface area contributed by atoms with Crippen molar-refractivity contribution in [3.63, 3.8) is 0 Å². The van der Waals surface area contributed by atoms with Crippen LogP contribution in [0.15, 0.2) is 68.6 Å². The summed E-state index contributed by atoms with van der Waals surface area (Å²) in [5, 5.41) is 16.7. The van der Waals surface area contributed by atoms with Gasteiger partial charge in [0.2, 0.25) is 4.80 Å². The van der Waals surface area contributed by atoms with Crippen LogP contribution in [0.3, 0.4) is 0 Å². The van der Waals surface area contributed by atoms with E-state index < -0.39 is 0 Å². The van der Waals surface area contributed by atoms with Gasteiger partial charge in [-0.3, -0.25) is 4.99 Å². The van der Waals surface area contributed by atoms with Crippen LogP contribution in [-0.4, -0.2) is 29.7 Å². The molecule has 0 saturated carbocycles. The number of rotatable bonds is 6. The third-order valence-corrected chi connectivity index (χ3v) is 4.36. The van der Waals surface area contributed by atoms with Gasteiger partial charge in [0.1, 0.15) is 5.69 Å². The summed E-state index contributed by atoms with van der Waals surface area (Å²) in [5.41, 5.74) is 2.28. The molecule has 3 rings (SSSR count). The highest BCUT2D eigenvalue weighted by molar-refractivity contribution is 7.07. The molecule has 0 radical (unpaired) electrons. The maximum Gasteiger partial charge on any atom is 0.206 e. The van der Waals surface area contributed by atoms with Crippen LogP contribution < -0.4 is 9.54 Å². The second kappa shape index (κ2) is 7.88. The van der Waals surface area contributed by atoms with Crippen LogP contribution in [0.2, 0.25) is 0 Å². The summed E-state index contributed by atoms with van der Waals surface area (Å²) >= 11 is 1.46. The van der Waals surface area contributed by atoms with Gasteiger partial charge in [0.05, 0.1) is 26.1 Å². The minimum absolute atomic E-state index is 0.0366. The summed E-state index contributed by atoms with van der Waals surface area (Å²) in [6, 6.07) is 8.91. The highest BCUT2D eigenvalue weighted by Crippen LogP contribution is 2.28. The molecule has 0 bridgehead atoms. The standard InChI is InChI=1S/C19H19N3O3S/c1-13(2)10-20-19-22(15(12-26-19)16-8-5-9-25-16)21-11-14-6-4-7-17(24-3)18(14)23/h4-9,11-12,23H,1,10H2,2-3H3. The maximum absolute atomic E-state index is 10.2. The summed E-state index contributed by atoms with van der Waals surface area (Å²) in [5.74, 6) is 1.11. The first kappa shape index (κ1) is 17.8. The van der Waals surface area contributed by atoms with E-state index in [1.807, 2.05) is 24.4 Å². The highest BCUT2D eigenvalue weighted by atomic mass is 32.1. The second-order valence-electron chi connectivity index (χ2n) is 5.61. The number of phenols is 1. The van der Waals surface area contributed by atoms with Crippen LogP contribution in [-0.2, 0) is 0 Å². The van der Waals surface area contributed by atoms with Gasteiger partial charge in [0.25, 0.3) is 0 Å². The van der Waals surface area contributed by atoms with Gasteiger partial charge >= 0.3 is 0 Å². The van der Waals surface area contributed by atoms with Crippen molar-refractivity contribution in [1.82, 2.24) is 4.68 Å². The van der Waals surface area contributed by atoms with Gasteiger partial charge in [-0.25, -0.2) is 4.68 Å². The number of hydrogen-bond acceptors (Lipinski definition) is 6. The molecule has 0 aliphatic heterocycles. The Hall–Kier alpha value is -3.06. The lowest BCUT2D eigenvalue weighted by Gasteiger charge is -2.05. The Balaban J connectivity index is 2.06. The fourth-order valence-electron chi connectivity index (χ4n) is 2.24. The average Bonchev–Trinajstić information content (AvgIpc) is 3.28. The Morgan fingerprint density at radius 3 is 2.92 bits per heavy atom. The molecule has 1 N–H and O–H groups in total. The lowest BCUT2D eigenvalue weighted by molar-refractivity contribution is 0.373. The summed E-state index contributed by atoms with van der Waals surface area (Å²) in [6.07, 6.45) is 3.18. The predicted molar refractivity (Wildman–Crippen MR) is 103 cm³/mol. The monoisotopic (exact) mass is 369 g/mol. The molecule has 26 heavy (non-hydrogen) atoms. The smallest absolute Gasteiger partial charge is 0.206 e. The fraction of sp³-hybridized carbons (Fsp3) is 0.158. The van der Waals surface area contributed by atoms with E-state index >= 15 is 0 Å². The largest absolute Gasteiger partial charge is 0.504 e. The third kappa shape index (κ3) is 3.78. The number of para-hydroxylation sites is 1. The van der Waals surface area contributed by atoms with Gasteiger partial charge in [-0.1, -0.05) is 18.2 Å². The van der Waals surface area contributed by atoms with Crippen molar-refractivity contribution in [3.05, 3.63) is 64.5 Å². The van der Waals surface area contributed by atoms with Crippen LogP contribution in [0.4, 0.5) is 0 Å². The molecule has 3 aromatic rings. The second-order valence-corrected chi connectivity index (χ2v) is 6.45. The lowest BCUT2D eigenvalue weighted by atomic mass is 10.2. The van der Waals surface area contributed by atoms with Crippen molar-refractivity contribution in [2.45, 2.75) is 6.92 Å². The van der Waals surface area contributed by atoms with E-state index in [0.29, 0.717) is 28.4 Å². The number of ether oxygens (including phenoxy) is 1. The first-order valence-electron chi connectivity index (χ1n) is 7.89. The molecule has 0 aliphatic rings. The molecule has 0 saturated heterocycles. The number of nitrogens with zero attached hydrogens (tertiary/aromatic N) is 3. The molecule has 0 aliphatic carbocycles. The number of hydrogen-bond donors (Lipinski definition) is 1. The molecule has 0 atom stereocenters. The van der Waals surface area contributed by atoms with Crippen LogP contribution in [0, 0.1) is 0 Å². The van der Waals surface area contributed by atoms with Crippen LogP contribution in [0.25, 0.3) is 11.5 Å². The summed E-state index contributed by atoms with van der Waals surface area (Å²) < 4.78 is 12.3. The zero-order valence-electron chi connectivity index (χ0n) is 14.5. The summed E-state index contributed by atoms with van der Waals surface area (Å²) in [7, 11) is 1.51. The Kier molecular flexibility index (Phi) is 5.38. The molecule has 0 amide bonds. The minimum atomic E-state index is 0.0366. The Bertz CT molecular complexity index is 997. The zero-order valence-corrected chi connectivity index (χ0v) is 15.4. The van der Waals surface area contributed by atoms with Crippen molar-refractivity contribution in [2.75, 3.05) is 13.7 Å². The molecule has 134 valence electrons. The maximum atomic E-state index is 10.2. The highest BCUT2D eigenvalue weighted by Gasteiger charge is 2.10. The van der Waals surface area contributed by atoms with E-state index in [2.05, 4.69) is 16.7 Å². The first-order valence-corrected chi connectivity index (χ1v) is 8.77. The lowest BCUT2D eigenvalue weighted by Crippen LogP contribution is -2.12. The van der Waals surface area contributed by atoms with Gasteiger partial charge in [0.15, 0.2) is 17.3 Å². The van der Waals surface area contributed by atoms with E-state index in [0.717, 1.165) is 11.3 Å². The molecule has 2 heterocycles. The van der Waals surface area contributed by atoms with E-state index in [-0.39, 0.29) is 5.75 Å². The molecular formula is C19H19N3O3S. The molecular weight excluding hydrogens is 350 g/mol. The van der Waals surface area contributed by atoms with E-state index in [1.165, 1.54) is 18.4 Å². The van der Waals surface area contributed by atoms with Gasteiger partial charge < -0.3 is 14.3 Å². The molecule has 7 heteroatoms. The Morgan fingerprint density at radius 2 is 2.23 bits per heavy atom. The van der Waals surface area contributed by atoms with Gasteiger partial charge in [-0.2, -0.15) is 5.10 Å². The van der Waals surface area contributed by atoms with Crippen LogP contribution in [0.5, 0.6) is 11.5 Å². The molecule has 0 spiro atoms. The fourth-order valence-corrected chi connectivity index (χ4v) is 3.06. The van der Waals surface area contributed by atoms with Crippen LogP contribution in [0.1, 0.15) is 12.5 Å². The van der Waals surface area contributed by atoms with Gasteiger partial charge in [0, 0.05) is 10.9 Å². The van der Waals surface area contributed by atoms with Crippen molar-refractivity contribution in [3.8, 4) is 23.0 Å². The van der Waals surface area contributed by atoms with Crippen LogP contribution >= 0.6 is 11.3 Å². The molecule has 2 aromatic heterocycles. The minimum Gasteiger partial charge on any atom is -0.504 e. The van der Waals surface area contributed by atoms with Gasteiger partial charge in [-0.05, 0) is 31.2 Å². The zero-order chi connectivity index (χ0) is 18.5.